The maximum absolute atomic E-state index is 8.96. The highest BCUT2D eigenvalue weighted by molar-refractivity contribution is 6.45. The third kappa shape index (κ3) is 2.66. The number of nitriles is 1. The first kappa shape index (κ1) is 13.7. The Balaban J connectivity index is 2.42. The third-order valence-electron chi connectivity index (χ3n) is 3.10. The fourth-order valence-corrected chi connectivity index (χ4v) is 2.90. The average molecular weight is 306 g/mol. The van der Waals surface area contributed by atoms with Gasteiger partial charge < -0.3 is 0 Å². The molecule has 0 aliphatic carbocycles. The molecular weight excluding hydrogens is 293 g/mol. The van der Waals surface area contributed by atoms with Gasteiger partial charge in [-0.3, -0.25) is 4.90 Å². The molecule has 1 aliphatic heterocycles. The van der Waals surface area contributed by atoms with E-state index < -0.39 is 0 Å². The highest BCUT2D eigenvalue weighted by atomic mass is 35.5. The second-order valence-corrected chi connectivity index (χ2v) is 5.44. The smallest absolute Gasteiger partial charge is 0.260 e. The molecule has 1 saturated heterocycles. The van der Waals surface area contributed by atoms with Gasteiger partial charge in [0.2, 0.25) is 5.15 Å². The molecule has 0 unspecified atom stereocenters. The summed E-state index contributed by atoms with van der Waals surface area (Å²) < 4.78 is 0. The number of aromatic amines is 1. The number of pyridine rings is 1. The molecule has 0 radical (unpaired) electrons. The minimum absolute atomic E-state index is 0.196. The van der Waals surface area contributed by atoms with Crippen molar-refractivity contribution >= 4 is 40.6 Å². The van der Waals surface area contributed by atoms with Gasteiger partial charge in [0.1, 0.15) is 16.7 Å². The predicted molar refractivity (Wildman–Crippen MR) is 73.4 cm³/mol. The van der Waals surface area contributed by atoms with Gasteiger partial charge >= 0.3 is 0 Å². The van der Waals surface area contributed by atoms with Crippen molar-refractivity contribution < 1.29 is 4.98 Å². The van der Waals surface area contributed by atoms with Crippen molar-refractivity contribution in [1.29, 1.82) is 5.26 Å². The number of hydrogen-bond donors (Lipinski definition) is 0. The van der Waals surface area contributed by atoms with E-state index in [0.717, 1.165) is 25.9 Å². The van der Waals surface area contributed by atoms with Gasteiger partial charge in [0, 0.05) is 0 Å². The number of nitrogens with one attached hydrogen (secondary N) is 1. The van der Waals surface area contributed by atoms with Crippen LogP contribution in [0.15, 0.2) is 0 Å². The second kappa shape index (κ2) is 5.97. The molecule has 0 bridgehead atoms. The van der Waals surface area contributed by atoms with Gasteiger partial charge in [-0.2, -0.15) is 5.26 Å². The van der Waals surface area contributed by atoms with Crippen LogP contribution in [-0.4, -0.2) is 13.1 Å². The van der Waals surface area contributed by atoms with Gasteiger partial charge in [0.15, 0.2) is 0 Å². The number of nitrogens with zero attached hydrogens (tertiary/aromatic N) is 2. The van der Waals surface area contributed by atoms with Gasteiger partial charge in [-0.1, -0.05) is 23.2 Å². The first-order valence-electron chi connectivity index (χ1n) is 5.90. The number of halogens is 3. The summed E-state index contributed by atoms with van der Waals surface area (Å²) in [6.07, 6.45) is 4.70. The van der Waals surface area contributed by atoms with Gasteiger partial charge in [-0.25, -0.2) is 4.98 Å². The van der Waals surface area contributed by atoms with Crippen LogP contribution in [0.4, 0.5) is 5.82 Å². The Hall–Kier alpha value is -0.690. The highest BCUT2D eigenvalue weighted by Crippen LogP contribution is 2.34. The Labute approximate surface area is 121 Å². The summed E-state index contributed by atoms with van der Waals surface area (Å²) in [7, 11) is 0. The maximum atomic E-state index is 8.96. The Kier molecular flexibility index (Phi) is 4.55. The van der Waals surface area contributed by atoms with Gasteiger partial charge in [0.25, 0.3) is 5.82 Å². The maximum Gasteiger partial charge on any atom is 0.296 e. The number of rotatable bonds is 1. The monoisotopic (exact) mass is 304 g/mol. The Morgan fingerprint density at radius 3 is 2.17 bits per heavy atom. The Morgan fingerprint density at radius 1 is 1.00 bits per heavy atom. The van der Waals surface area contributed by atoms with E-state index >= 15 is 0 Å². The molecule has 0 atom stereocenters. The molecule has 3 nitrogen and oxygen atoms in total. The van der Waals surface area contributed by atoms with Crippen LogP contribution in [0.3, 0.4) is 0 Å². The third-order valence-corrected chi connectivity index (χ3v) is 4.23. The molecule has 1 aromatic heterocycles. The molecule has 1 N–H and O–H groups in total. The van der Waals surface area contributed by atoms with Crippen LogP contribution >= 0.6 is 34.8 Å². The van der Waals surface area contributed by atoms with Crippen LogP contribution in [-0.2, 0) is 0 Å². The lowest BCUT2D eigenvalue weighted by molar-refractivity contribution is -0.361. The lowest BCUT2D eigenvalue weighted by Gasteiger charge is -2.16. The van der Waals surface area contributed by atoms with Crippen LogP contribution in [0, 0.1) is 11.3 Å². The normalized spacial score (nSPS) is 16.2. The minimum atomic E-state index is 0.196. The summed E-state index contributed by atoms with van der Waals surface area (Å²) in [4.78, 5) is 5.13. The Bertz CT molecular complexity index is 488. The van der Waals surface area contributed by atoms with E-state index in [1.54, 1.807) is 0 Å². The first-order chi connectivity index (χ1) is 8.65. The molecule has 6 heteroatoms. The molecule has 0 aromatic carbocycles. The van der Waals surface area contributed by atoms with Crippen LogP contribution in [0.5, 0.6) is 0 Å². The standard InChI is InChI=1S/C12H12Cl3N3/c13-9-8(7-16)11(15)17-12(10(9)14)18-5-3-1-2-4-6-18/h1-6H2/p+1. The summed E-state index contributed by atoms with van der Waals surface area (Å²) >= 11 is 18.3. The van der Waals surface area contributed by atoms with Crippen molar-refractivity contribution in [3.8, 4) is 6.07 Å². The molecule has 0 saturated carbocycles. The lowest BCUT2D eigenvalue weighted by atomic mass is 10.2. The average Bonchev–Trinajstić information content (AvgIpc) is 2.63. The van der Waals surface area contributed by atoms with Gasteiger partial charge in [-0.15, -0.1) is 0 Å². The van der Waals surface area contributed by atoms with Crippen LogP contribution in [0.2, 0.25) is 15.2 Å². The largest absolute Gasteiger partial charge is 0.296 e. The molecular formula is C12H13Cl3N3+. The number of anilines is 1. The number of H-pyrrole nitrogens is 1. The molecule has 2 rings (SSSR count). The van der Waals surface area contributed by atoms with E-state index in [9.17, 15) is 0 Å². The molecule has 1 aliphatic rings. The van der Waals surface area contributed by atoms with Crippen LogP contribution < -0.4 is 9.88 Å². The topological polar surface area (TPSA) is 41.2 Å². The fourth-order valence-electron chi connectivity index (χ4n) is 2.14. The fraction of sp³-hybridized carbons (Fsp3) is 0.500. The Morgan fingerprint density at radius 2 is 1.61 bits per heavy atom. The zero-order chi connectivity index (χ0) is 13.1. The van der Waals surface area contributed by atoms with E-state index in [0.29, 0.717) is 10.8 Å². The van der Waals surface area contributed by atoms with E-state index in [-0.39, 0.29) is 15.7 Å². The highest BCUT2D eigenvalue weighted by Gasteiger charge is 2.26. The molecule has 96 valence electrons. The van der Waals surface area contributed by atoms with Crippen molar-refractivity contribution in [2.75, 3.05) is 18.0 Å². The summed E-state index contributed by atoms with van der Waals surface area (Å²) in [5.41, 5.74) is 0.196. The van der Waals surface area contributed by atoms with Gasteiger partial charge in [0.05, 0.1) is 18.1 Å². The quantitative estimate of drug-likeness (QED) is 0.742. The van der Waals surface area contributed by atoms with E-state index in [4.69, 9.17) is 40.1 Å². The molecule has 18 heavy (non-hydrogen) atoms. The number of aromatic nitrogens is 1. The molecule has 2 heterocycles. The van der Waals surface area contributed by atoms with Crippen molar-refractivity contribution in [2.24, 2.45) is 0 Å². The number of hydrogen-bond acceptors (Lipinski definition) is 2. The van der Waals surface area contributed by atoms with Crippen LogP contribution in [0.1, 0.15) is 31.2 Å². The second-order valence-electron chi connectivity index (χ2n) is 4.30. The van der Waals surface area contributed by atoms with E-state index in [2.05, 4.69) is 9.88 Å². The zero-order valence-electron chi connectivity index (χ0n) is 9.77. The van der Waals surface area contributed by atoms with Gasteiger partial charge in [-0.05, 0) is 37.3 Å². The summed E-state index contributed by atoms with van der Waals surface area (Å²) in [5, 5.41) is 9.80. The zero-order valence-corrected chi connectivity index (χ0v) is 12.0. The minimum Gasteiger partial charge on any atom is -0.260 e. The van der Waals surface area contributed by atoms with E-state index in [1.807, 2.05) is 6.07 Å². The summed E-state index contributed by atoms with van der Waals surface area (Å²) in [6, 6.07) is 1.95. The SMILES string of the molecule is N#Cc1c(Cl)[nH+]c(N2CCCCCC2)c(Cl)c1Cl. The first-order valence-corrected chi connectivity index (χ1v) is 7.03. The predicted octanol–water partition coefficient (Wildman–Crippen LogP) is 3.71. The molecule has 0 amide bonds. The molecule has 1 aromatic rings. The molecule has 1 fully saturated rings. The summed E-state index contributed by atoms with van der Waals surface area (Å²) in [6.45, 7) is 1.85. The van der Waals surface area contributed by atoms with Crippen molar-refractivity contribution in [3.05, 3.63) is 20.8 Å². The van der Waals surface area contributed by atoms with Crippen molar-refractivity contribution in [3.63, 3.8) is 0 Å². The van der Waals surface area contributed by atoms with E-state index in [1.165, 1.54) is 12.8 Å². The lowest BCUT2D eigenvalue weighted by Crippen LogP contribution is -2.31. The van der Waals surface area contributed by atoms with Crippen LogP contribution in [0.25, 0.3) is 0 Å². The van der Waals surface area contributed by atoms with Crippen molar-refractivity contribution in [2.45, 2.75) is 25.7 Å². The van der Waals surface area contributed by atoms with Crippen molar-refractivity contribution in [1.82, 2.24) is 0 Å². The summed E-state index contributed by atoms with van der Waals surface area (Å²) in [5.74, 6) is 0.715. The molecule has 0 spiro atoms.